The largest absolute Gasteiger partial charge is 0.379 e. The normalized spacial score (nSPS) is 21.0. The summed E-state index contributed by atoms with van der Waals surface area (Å²) in [5.74, 6) is 0. The summed E-state index contributed by atoms with van der Waals surface area (Å²) in [5, 5.41) is 0. The first-order chi connectivity index (χ1) is 15.8. The maximum atomic E-state index is 10.1. The van der Waals surface area contributed by atoms with E-state index in [0.29, 0.717) is 91.1 Å². The Labute approximate surface area is 192 Å². The lowest BCUT2D eigenvalue weighted by molar-refractivity contribution is -0.108. The zero-order valence-corrected chi connectivity index (χ0v) is 19.5. The topological polar surface area (TPSA) is 105 Å². The minimum absolute atomic E-state index is 0.434. The molecule has 0 unspecified atom stereocenters. The van der Waals surface area contributed by atoms with Crippen molar-refractivity contribution < 1.29 is 33.2 Å². The molecule has 0 amide bonds. The van der Waals surface area contributed by atoms with Crippen molar-refractivity contribution in [3.05, 3.63) is 0 Å². The van der Waals surface area contributed by atoms with E-state index in [1.165, 1.54) is 6.42 Å². The van der Waals surface area contributed by atoms with Gasteiger partial charge in [0, 0.05) is 51.2 Å². The molecule has 10 nitrogen and oxygen atoms in total. The third kappa shape index (κ3) is 12.0. The smallest absolute Gasteiger partial charge is 0.122 e. The number of ether oxygens (including phenoxy) is 6. The zero-order valence-electron chi connectivity index (χ0n) is 19.5. The van der Waals surface area contributed by atoms with Crippen LogP contribution in [-0.4, -0.2) is 140 Å². The van der Waals surface area contributed by atoms with Crippen LogP contribution in [0.2, 0.25) is 0 Å². The molecule has 0 aliphatic carbocycles. The van der Waals surface area contributed by atoms with Gasteiger partial charge in [-0.2, -0.15) is 0 Å². The summed E-state index contributed by atoms with van der Waals surface area (Å²) in [4.78, 5) is 15.2. The van der Waals surface area contributed by atoms with Gasteiger partial charge in [0.15, 0.2) is 0 Å². The quantitative estimate of drug-likeness (QED) is 0.157. The number of hydrogen-bond acceptors (Lipinski definition) is 10. The van der Waals surface area contributed by atoms with E-state index in [2.05, 4.69) is 9.80 Å². The number of piperazine rings is 1. The number of carbonyl (C=O) groups is 1. The van der Waals surface area contributed by atoms with Gasteiger partial charge in [0.2, 0.25) is 0 Å². The molecule has 2 fully saturated rings. The standard InChI is InChI=1S/C22H43N3O7/c23-2-7-28-11-12-29-8-3-24-19-22-18-21(24)20-25(22)4-9-30-13-15-32-17-16-31-14-10-27-6-1-5-26/h5,21-22H,1-4,6-20,23H2/t21-,22-/m0/s1. The molecule has 188 valence electrons. The maximum absolute atomic E-state index is 10.1. The molecule has 2 N–H and O–H groups in total. The molecule has 2 heterocycles. The van der Waals surface area contributed by atoms with E-state index in [1.54, 1.807) is 0 Å². The van der Waals surface area contributed by atoms with Gasteiger partial charge in [-0.15, -0.1) is 0 Å². The van der Waals surface area contributed by atoms with Crippen molar-refractivity contribution in [1.82, 2.24) is 9.80 Å². The second-order valence-electron chi connectivity index (χ2n) is 7.95. The SMILES string of the molecule is NCCOCCOCCN1C[C@@H]2C[C@H]1CN2CCOCCOCCOCCOCCC=O. The lowest BCUT2D eigenvalue weighted by Crippen LogP contribution is -2.48. The number of fused-ring (bicyclic) bond motifs is 2. The summed E-state index contributed by atoms with van der Waals surface area (Å²) < 4.78 is 32.8. The van der Waals surface area contributed by atoms with Gasteiger partial charge < -0.3 is 38.9 Å². The molecular weight excluding hydrogens is 418 g/mol. The average molecular weight is 462 g/mol. The number of nitrogens with two attached hydrogens (primary N) is 1. The van der Waals surface area contributed by atoms with Crippen LogP contribution in [0.15, 0.2) is 0 Å². The number of carbonyl (C=O) groups excluding carboxylic acids is 1. The summed E-state index contributed by atoms with van der Waals surface area (Å²) in [6.45, 7) is 11.9. The molecule has 2 rings (SSSR count). The zero-order chi connectivity index (χ0) is 22.7. The van der Waals surface area contributed by atoms with Gasteiger partial charge in [-0.1, -0.05) is 0 Å². The fourth-order valence-corrected chi connectivity index (χ4v) is 4.04. The number of rotatable bonds is 23. The second-order valence-corrected chi connectivity index (χ2v) is 7.95. The fourth-order valence-electron chi connectivity index (χ4n) is 4.04. The van der Waals surface area contributed by atoms with Crippen LogP contribution >= 0.6 is 0 Å². The summed E-state index contributed by atoms with van der Waals surface area (Å²) in [6, 6.07) is 1.29. The highest BCUT2D eigenvalue weighted by atomic mass is 16.6. The Morgan fingerprint density at radius 1 is 0.625 bits per heavy atom. The van der Waals surface area contributed by atoms with Gasteiger partial charge in [0.25, 0.3) is 0 Å². The average Bonchev–Trinajstić information content (AvgIpc) is 3.39. The molecule has 0 saturated carbocycles. The molecule has 2 saturated heterocycles. The molecule has 2 bridgehead atoms. The van der Waals surface area contributed by atoms with E-state index in [9.17, 15) is 4.79 Å². The molecule has 2 aliphatic heterocycles. The first-order valence-corrected chi connectivity index (χ1v) is 11.9. The Kier molecular flexibility index (Phi) is 16.1. The Balaban J connectivity index is 1.33. The van der Waals surface area contributed by atoms with Crippen molar-refractivity contribution >= 4 is 6.29 Å². The molecule has 2 atom stereocenters. The second kappa shape index (κ2) is 18.7. The van der Waals surface area contributed by atoms with E-state index in [-0.39, 0.29) is 0 Å². The van der Waals surface area contributed by atoms with Gasteiger partial charge in [-0.3, -0.25) is 9.80 Å². The minimum atomic E-state index is 0.434. The number of likely N-dealkylation sites (tertiary alicyclic amines) is 2. The molecule has 2 aliphatic rings. The molecule has 0 aromatic heterocycles. The number of nitrogens with zero attached hydrogens (tertiary/aromatic N) is 2. The van der Waals surface area contributed by atoms with Crippen molar-refractivity contribution in [2.45, 2.75) is 24.9 Å². The van der Waals surface area contributed by atoms with Crippen molar-refractivity contribution in [2.75, 3.05) is 112 Å². The Morgan fingerprint density at radius 2 is 1.03 bits per heavy atom. The molecule has 10 heteroatoms. The molecule has 0 aromatic carbocycles. The summed E-state index contributed by atoms with van der Waals surface area (Å²) in [5.41, 5.74) is 5.38. The molecule has 0 spiro atoms. The molecule has 0 radical (unpaired) electrons. The van der Waals surface area contributed by atoms with Gasteiger partial charge in [0.1, 0.15) is 6.29 Å². The molecular formula is C22H43N3O7. The summed E-state index contributed by atoms with van der Waals surface area (Å²) >= 11 is 0. The van der Waals surface area contributed by atoms with E-state index in [1.807, 2.05) is 0 Å². The first-order valence-electron chi connectivity index (χ1n) is 11.9. The van der Waals surface area contributed by atoms with Crippen LogP contribution in [0.25, 0.3) is 0 Å². The van der Waals surface area contributed by atoms with Crippen LogP contribution in [0.4, 0.5) is 0 Å². The fraction of sp³-hybridized carbons (Fsp3) is 0.955. The van der Waals surface area contributed by atoms with E-state index < -0.39 is 0 Å². The molecule has 0 aromatic rings. The third-order valence-corrected chi connectivity index (χ3v) is 5.64. The summed E-state index contributed by atoms with van der Waals surface area (Å²) in [7, 11) is 0. The van der Waals surface area contributed by atoms with Crippen LogP contribution < -0.4 is 5.73 Å². The van der Waals surface area contributed by atoms with E-state index >= 15 is 0 Å². The van der Waals surface area contributed by atoms with Crippen LogP contribution in [-0.2, 0) is 33.2 Å². The highest BCUT2D eigenvalue weighted by Crippen LogP contribution is 2.29. The van der Waals surface area contributed by atoms with Gasteiger partial charge in [-0.25, -0.2) is 0 Å². The van der Waals surface area contributed by atoms with E-state index in [4.69, 9.17) is 34.2 Å². The lowest BCUT2D eigenvalue weighted by Gasteiger charge is -2.34. The lowest BCUT2D eigenvalue weighted by atomic mass is 10.2. The minimum Gasteiger partial charge on any atom is -0.379 e. The third-order valence-electron chi connectivity index (χ3n) is 5.64. The van der Waals surface area contributed by atoms with Crippen molar-refractivity contribution in [3.63, 3.8) is 0 Å². The van der Waals surface area contributed by atoms with Gasteiger partial charge in [0.05, 0.1) is 79.3 Å². The predicted octanol–water partition coefficient (Wildman–Crippen LogP) is -0.608. The summed E-state index contributed by atoms with van der Waals surface area (Å²) in [6.07, 6.45) is 2.54. The van der Waals surface area contributed by atoms with Crippen LogP contribution in [0, 0.1) is 0 Å². The van der Waals surface area contributed by atoms with Crippen LogP contribution in [0.1, 0.15) is 12.8 Å². The van der Waals surface area contributed by atoms with Crippen molar-refractivity contribution in [3.8, 4) is 0 Å². The Morgan fingerprint density at radius 3 is 1.44 bits per heavy atom. The maximum Gasteiger partial charge on any atom is 0.122 e. The molecule has 32 heavy (non-hydrogen) atoms. The van der Waals surface area contributed by atoms with Crippen molar-refractivity contribution in [2.24, 2.45) is 5.73 Å². The number of aldehydes is 1. The highest BCUT2D eigenvalue weighted by molar-refractivity contribution is 5.49. The predicted molar refractivity (Wildman–Crippen MR) is 120 cm³/mol. The van der Waals surface area contributed by atoms with Gasteiger partial charge in [-0.05, 0) is 6.42 Å². The van der Waals surface area contributed by atoms with E-state index in [0.717, 1.165) is 45.7 Å². The monoisotopic (exact) mass is 461 g/mol. The Bertz CT molecular complexity index is 461. The Hall–Kier alpha value is -0.690. The van der Waals surface area contributed by atoms with Crippen molar-refractivity contribution in [1.29, 1.82) is 0 Å². The first kappa shape index (κ1) is 27.6. The van der Waals surface area contributed by atoms with Gasteiger partial charge >= 0.3 is 0 Å². The number of hydrogen-bond donors (Lipinski definition) is 1. The van der Waals surface area contributed by atoms with Crippen LogP contribution in [0.3, 0.4) is 0 Å². The van der Waals surface area contributed by atoms with Crippen LogP contribution in [0.5, 0.6) is 0 Å². The highest BCUT2D eigenvalue weighted by Gasteiger charge is 2.42.